The first-order valence-electron chi connectivity index (χ1n) is 6.03. The summed E-state index contributed by atoms with van der Waals surface area (Å²) in [5, 5.41) is 9.39. The van der Waals surface area contributed by atoms with Crippen LogP contribution in [0.4, 0.5) is 5.69 Å². The van der Waals surface area contributed by atoms with Crippen LogP contribution in [0, 0.1) is 6.92 Å². The van der Waals surface area contributed by atoms with E-state index < -0.39 is 5.97 Å². The van der Waals surface area contributed by atoms with Crippen molar-refractivity contribution in [2.45, 2.75) is 6.92 Å². The number of carboxylic acids is 1. The standard InChI is InChI=1S/C14H15N3O3/c1-8-6-10(14(20)17(2)7-12(18)19)9-4-3-5-11(15)13(9)16-8/h3-6H,7,15H2,1-2H3,(H,18,19). The molecule has 0 fully saturated rings. The molecule has 1 amide bonds. The van der Waals surface area contributed by atoms with Crippen LogP contribution in [-0.4, -0.2) is 40.5 Å². The first-order valence-corrected chi connectivity index (χ1v) is 6.03. The van der Waals surface area contributed by atoms with Gasteiger partial charge in [0.15, 0.2) is 0 Å². The van der Waals surface area contributed by atoms with Crippen LogP contribution >= 0.6 is 0 Å². The predicted molar refractivity (Wildman–Crippen MR) is 75.5 cm³/mol. The molecule has 0 saturated carbocycles. The number of nitrogens with two attached hydrogens (primary N) is 1. The Kier molecular flexibility index (Phi) is 3.56. The van der Waals surface area contributed by atoms with E-state index in [0.717, 1.165) is 4.90 Å². The van der Waals surface area contributed by atoms with Gasteiger partial charge in [-0.25, -0.2) is 0 Å². The number of aliphatic carboxylic acids is 1. The summed E-state index contributed by atoms with van der Waals surface area (Å²) >= 11 is 0. The van der Waals surface area contributed by atoms with Crippen molar-refractivity contribution in [1.82, 2.24) is 9.88 Å². The number of benzene rings is 1. The maximum atomic E-state index is 12.4. The molecule has 1 heterocycles. The monoisotopic (exact) mass is 273 g/mol. The lowest BCUT2D eigenvalue weighted by atomic mass is 10.1. The van der Waals surface area contributed by atoms with Crippen molar-refractivity contribution in [2.75, 3.05) is 19.3 Å². The number of nitrogen functional groups attached to an aromatic ring is 1. The van der Waals surface area contributed by atoms with Gasteiger partial charge in [0.05, 0.1) is 16.8 Å². The van der Waals surface area contributed by atoms with E-state index in [1.165, 1.54) is 7.05 Å². The van der Waals surface area contributed by atoms with Crippen LogP contribution in [-0.2, 0) is 4.79 Å². The van der Waals surface area contributed by atoms with E-state index in [2.05, 4.69) is 4.98 Å². The average molecular weight is 273 g/mol. The first-order chi connectivity index (χ1) is 9.40. The summed E-state index contributed by atoms with van der Waals surface area (Å²) in [6.45, 7) is 1.41. The van der Waals surface area contributed by atoms with Crippen molar-refractivity contribution < 1.29 is 14.7 Å². The molecule has 0 bridgehead atoms. The van der Waals surface area contributed by atoms with Gasteiger partial charge in [-0.2, -0.15) is 0 Å². The van der Waals surface area contributed by atoms with Gasteiger partial charge in [-0.3, -0.25) is 14.6 Å². The molecular weight excluding hydrogens is 258 g/mol. The number of nitrogens with zero attached hydrogens (tertiary/aromatic N) is 2. The number of rotatable bonds is 3. The molecule has 0 saturated heterocycles. The van der Waals surface area contributed by atoms with Gasteiger partial charge in [-0.15, -0.1) is 0 Å². The summed E-state index contributed by atoms with van der Waals surface area (Å²) in [6.07, 6.45) is 0. The highest BCUT2D eigenvalue weighted by Crippen LogP contribution is 2.24. The molecule has 0 radical (unpaired) electrons. The Hall–Kier alpha value is -2.63. The highest BCUT2D eigenvalue weighted by atomic mass is 16.4. The van der Waals surface area contributed by atoms with Crippen LogP contribution in [0.1, 0.15) is 16.1 Å². The quantitative estimate of drug-likeness (QED) is 0.821. The molecule has 2 rings (SSSR count). The molecule has 20 heavy (non-hydrogen) atoms. The Morgan fingerprint density at radius 3 is 2.75 bits per heavy atom. The zero-order valence-corrected chi connectivity index (χ0v) is 11.3. The largest absolute Gasteiger partial charge is 0.480 e. The smallest absolute Gasteiger partial charge is 0.323 e. The highest BCUT2D eigenvalue weighted by molar-refractivity contribution is 6.08. The van der Waals surface area contributed by atoms with E-state index in [-0.39, 0.29) is 12.5 Å². The van der Waals surface area contributed by atoms with E-state index in [9.17, 15) is 9.59 Å². The number of carbonyl (C=O) groups is 2. The second-order valence-electron chi connectivity index (χ2n) is 4.61. The summed E-state index contributed by atoms with van der Waals surface area (Å²) in [4.78, 5) is 28.5. The van der Waals surface area contributed by atoms with Crippen molar-refractivity contribution in [3.63, 3.8) is 0 Å². The maximum absolute atomic E-state index is 12.4. The molecular formula is C14H15N3O3. The summed E-state index contributed by atoms with van der Waals surface area (Å²) in [5.74, 6) is -1.43. The van der Waals surface area contributed by atoms with Gasteiger partial charge < -0.3 is 15.7 Å². The number of anilines is 1. The van der Waals surface area contributed by atoms with Crippen LogP contribution in [0.2, 0.25) is 0 Å². The molecule has 0 aliphatic heterocycles. The van der Waals surface area contributed by atoms with E-state index >= 15 is 0 Å². The van der Waals surface area contributed by atoms with Crippen molar-refractivity contribution >= 4 is 28.5 Å². The number of carbonyl (C=O) groups excluding carboxylic acids is 1. The number of amides is 1. The number of para-hydroxylation sites is 1. The topological polar surface area (TPSA) is 96.5 Å². The fraction of sp³-hybridized carbons (Fsp3) is 0.214. The average Bonchev–Trinajstić information content (AvgIpc) is 2.37. The van der Waals surface area contributed by atoms with Gasteiger partial charge in [0, 0.05) is 18.1 Å². The summed E-state index contributed by atoms with van der Waals surface area (Å²) in [7, 11) is 1.45. The molecule has 1 aromatic carbocycles. The van der Waals surface area contributed by atoms with Crippen molar-refractivity contribution in [1.29, 1.82) is 0 Å². The molecule has 6 heteroatoms. The number of hydrogen-bond acceptors (Lipinski definition) is 4. The van der Waals surface area contributed by atoms with Gasteiger partial charge >= 0.3 is 5.97 Å². The predicted octanol–water partition coefficient (Wildman–Crippen LogP) is 1.28. The molecule has 0 unspecified atom stereocenters. The lowest BCUT2D eigenvalue weighted by Gasteiger charge is -2.16. The van der Waals surface area contributed by atoms with E-state index in [0.29, 0.717) is 27.8 Å². The Labute approximate surface area is 115 Å². The van der Waals surface area contributed by atoms with Crippen LogP contribution in [0.3, 0.4) is 0 Å². The third-order valence-corrected chi connectivity index (χ3v) is 2.95. The Morgan fingerprint density at radius 1 is 1.40 bits per heavy atom. The number of fused-ring (bicyclic) bond motifs is 1. The Bertz CT molecular complexity index is 697. The van der Waals surface area contributed by atoms with Crippen molar-refractivity contribution in [2.24, 2.45) is 0 Å². The van der Waals surface area contributed by atoms with Gasteiger partial charge in [0.1, 0.15) is 6.54 Å². The third-order valence-electron chi connectivity index (χ3n) is 2.95. The number of pyridine rings is 1. The van der Waals surface area contributed by atoms with Crippen molar-refractivity contribution in [3.05, 3.63) is 35.5 Å². The normalized spacial score (nSPS) is 10.5. The summed E-state index contributed by atoms with van der Waals surface area (Å²) in [6, 6.07) is 6.84. The fourth-order valence-corrected chi connectivity index (χ4v) is 2.06. The number of likely N-dealkylation sites (N-methyl/N-ethyl adjacent to an activating group) is 1. The van der Waals surface area contributed by atoms with Crippen LogP contribution in [0.25, 0.3) is 10.9 Å². The number of hydrogen-bond donors (Lipinski definition) is 2. The first kappa shape index (κ1) is 13.8. The number of carboxylic acid groups (broad SMARTS) is 1. The minimum absolute atomic E-state index is 0.357. The molecule has 2 aromatic rings. The second-order valence-corrected chi connectivity index (χ2v) is 4.61. The van der Waals surface area contributed by atoms with Gasteiger partial charge in [-0.05, 0) is 19.1 Å². The second kappa shape index (κ2) is 5.16. The lowest BCUT2D eigenvalue weighted by molar-refractivity contribution is -0.137. The van der Waals surface area contributed by atoms with E-state index in [1.807, 2.05) is 0 Å². The molecule has 6 nitrogen and oxygen atoms in total. The number of aromatic nitrogens is 1. The molecule has 0 aliphatic carbocycles. The molecule has 0 atom stereocenters. The van der Waals surface area contributed by atoms with Gasteiger partial charge in [0.25, 0.3) is 5.91 Å². The van der Waals surface area contributed by atoms with Crippen LogP contribution in [0.5, 0.6) is 0 Å². The van der Waals surface area contributed by atoms with E-state index in [1.54, 1.807) is 31.2 Å². The molecule has 1 aromatic heterocycles. The zero-order valence-electron chi connectivity index (χ0n) is 11.3. The van der Waals surface area contributed by atoms with Gasteiger partial charge in [-0.1, -0.05) is 12.1 Å². The highest BCUT2D eigenvalue weighted by Gasteiger charge is 2.18. The summed E-state index contributed by atoms with van der Waals surface area (Å²) < 4.78 is 0. The lowest BCUT2D eigenvalue weighted by Crippen LogP contribution is -2.32. The molecule has 0 spiro atoms. The van der Waals surface area contributed by atoms with Crippen LogP contribution < -0.4 is 5.73 Å². The van der Waals surface area contributed by atoms with Crippen LogP contribution in [0.15, 0.2) is 24.3 Å². The molecule has 104 valence electrons. The minimum Gasteiger partial charge on any atom is -0.480 e. The van der Waals surface area contributed by atoms with Gasteiger partial charge in [0.2, 0.25) is 0 Å². The number of aryl methyl sites for hydroxylation is 1. The third kappa shape index (κ3) is 2.54. The Morgan fingerprint density at radius 2 is 2.10 bits per heavy atom. The van der Waals surface area contributed by atoms with Crippen molar-refractivity contribution in [3.8, 4) is 0 Å². The maximum Gasteiger partial charge on any atom is 0.323 e. The fourth-order valence-electron chi connectivity index (χ4n) is 2.06. The summed E-state index contributed by atoms with van der Waals surface area (Å²) in [5.41, 5.74) is 7.97. The zero-order chi connectivity index (χ0) is 14.9. The molecule has 3 N–H and O–H groups in total. The van der Waals surface area contributed by atoms with E-state index in [4.69, 9.17) is 10.8 Å². The molecule has 0 aliphatic rings. The SMILES string of the molecule is Cc1cc(C(=O)N(C)CC(=O)O)c2cccc(N)c2n1. The Balaban J connectivity index is 2.56. The minimum atomic E-state index is -1.06.